The summed E-state index contributed by atoms with van der Waals surface area (Å²) in [7, 11) is 0. The summed E-state index contributed by atoms with van der Waals surface area (Å²) in [5, 5.41) is 11.8. The van der Waals surface area contributed by atoms with E-state index < -0.39 is 0 Å². The third-order valence-corrected chi connectivity index (χ3v) is 12.4. The molecule has 8 aromatic rings. The van der Waals surface area contributed by atoms with E-state index in [0.717, 1.165) is 19.3 Å². The van der Waals surface area contributed by atoms with E-state index in [1.807, 2.05) is 0 Å². The predicted octanol–water partition coefficient (Wildman–Crippen LogP) is 14.1. The molecule has 0 aliphatic heterocycles. The maximum absolute atomic E-state index is 2.70. The molecule has 0 saturated heterocycles. The van der Waals surface area contributed by atoms with Gasteiger partial charge in [0.1, 0.15) is 0 Å². The van der Waals surface area contributed by atoms with Crippen molar-refractivity contribution in [2.24, 2.45) is 5.92 Å². The lowest BCUT2D eigenvalue weighted by Crippen LogP contribution is -2.38. The summed E-state index contributed by atoms with van der Waals surface area (Å²) in [6.07, 6.45) is 10.3. The number of hydrogen-bond acceptors (Lipinski definition) is 2. The average Bonchev–Trinajstić information content (AvgIpc) is 3.24. The van der Waals surface area contributed by atoms with E-state index in [4.69, 9.17) is 0 Å². The normalized spacial score (nSPS) is 15.4. The van der Waals surface area contributed by atoms with Gasteiger partial charge in [-0.25, -0.2) is 0 Å². The molecule has 2 aliphatic carbocycles. The molecule has 0 radical (unpaired) electrons. The van der Waals surface area contributed by atoms with Crippen molar-refractivity contribution < 1.29 is 0 Å². The second kappa shape index (κ2) is 13.9. The van der Waals surface area contributed by atoms with Gasteiger partial charge in [-0.05, 0) is 105 Å². The molecular weight excluding hydrogens is 677 g/mol. The van der Waals surface area contributed by atoms with E-state index in [0.29, 0.717) is 11.8 Å². The fourth-order valence-electron chi connectivity index (χ4n) is 9.49. The van der Waals surface area contributed by atoms with Crippen molar-refractivity contribution in [3.8, 4) is 0 Å². The van der Waals surface area contributed by atoms with Crippen LogP contribution in [0.1, 0.15) is 57.6 Å². The number of allylic oxidation sites excluding steroid dienone is 2. The molecule has 0 aromatic heterocycles. The Morgan fingerprint density at radius 1 is 0.518 bits per heavy atom. The SMILES string of the molecule is CC(C)C1=CCC(N(C2=c3ccc4ccc(N(c5ccc(C(C)C)cc5)c5cccc6ccccc56)c5ccc(c3c45)CC2)c2cccc3ccccc23)C=C1. The number of aryl methyl sites for hydroxylation is 1. The third kappa shape index (κ3) is 5.70. The number of hydrogen-bond donors (Lipinski definition) is 0. The quantitative estimate of drug-likeness (QED) is 0.154. The topological polar surface area (TPSA) is 6.48 Å². The van der Waals surface area contributed by atoms with E-state index in [2.05, 4.69) is 201 Å². The summed E-state index contributed by atoms with van der Waals surface area (Å²) in [6.45, 7) is 9.13. The zero-order chi connectivity index (χ0) is 37.9. The molecule has 0 bridgehead atoms. The van der Waals surface area contributed by atoms with Crippen molar-refractivity contribution in [1.82, 2.24) is 0 Å². The number of nitrogens with zero attached hydrogens (tertiary/aromatic N) is 2. The van der Waals surface area contributed by atoms with Crippen molar-refractivity contribution >= 4 is 71.5 Å². The lowest BCUT2D eigenvalue weighted by molar-refractivity contribution is 0.724. The number of fused-ring (bicyclic) bond motifs is 2. The second-order valence-corrected chi connectivity index (χ2v) is 16.4. The van der Waals surface area contributed by atoms with E-state index in [-0.39, 0.29) is 6.04 Å². The van der Waals surface area contributed by atoms with Crippen LogP contribution in [0.3, 0.4) is 0 Å². The molecule has 2 heteroatoms. The van der Waals surface area contributed by atoms with Gasteiger partial charge in [0.05, 0.1) is 17.4 Å². The van der Waals surface area contributed by atoms with Crippen molar-refractivity contribution in [3.05, 3.63) is 186 Å². The Morgan fingerprint density at radius 3 is 1.88 bits per heavy atom. The lowest BCUT2D eigenvalue weighted by atomic mass is 9.86. The zero-order valence-electron chi connectivity index (χ0n) is 32.8. The predicted molar refractivity (Wildman–Crippen MR) is 242 cm³/mol. The third-order valence-electron chi connectivity index (χ3n) is 12.4. The summed E-state index contributed by atoms with van der Waals surface area (Å²) in [6, 6.07) is 55.0. The highest BCUT2D eigenvalue weighted by molar-refractivity contribution is 6.18. The monoisotopic (exact) mass is 724 g/mol. The van der Waals surface area contributed by atoms with Gasteiger partial charge in [0.25, 0.3) is 0 Å². The smallest absolute Gasteiger partial charge is 0.0557 e. The molecule has 8 aromatic carbocycles. The van der Waals surface area contributed by atoms with Gasteiger partial charge in [-0.2, -0.15) is 0 Å². The minimum atomic E-state index is 0.225. The molecule has 2 nitrogen and oxygen atoms in total. The fraction of sp³-hybridized carbons (Fsp3) is 0.185. The van der Waals surface area contributed by atoms with E-state index in [1.54, 1.807) is 0 Å². The molecule has 1 unspecified atom stereocenters. The first-order valence-electron chi connectivity index (χ1n) is 20.5. The van der Waals surface area contributed by atoms with Crippen LogP contribution in [0.2, 0.25) is 0 Å². The molecule has 0 N–H and O–H groups in total. The zero-order valence-corrected chi connectivity index (χ0v) is 32.8. The molecule has 1 atom stereocenters. The van der Waals surface area contributed by atoms with Gasteiger partial charge in [-0.15, -0.1) is 0 Å². The summed E-state index contributed by atoms with van der Waals surface area (Å²) in [4.78, 5) is 5.19. The van der Waals surface area contributed by atoms with Crippen LogP contribution >= 0.6 is 0 Å². The molecule has 0 spiro atoms. The van der Waals surface area contributed by atoms with Gasteiger partial charge < -0.3 is 9.80 Å². The van der Waals surface area contributed by atoms with E-state index in [9.17, 15) is 0 Å². The van der Waals surface area contributed by atoms with Gasteiger partial charge >= 0.3 is 0 Å². The van der Waals surface area contributed by atoms with Crippen molar-refractivity contribution in [3.63, 3.8) is 0 Å². The highest BCUT2D eigenvalue weighted by Crippen LogP contribution is 2.45. The molecule has 0 amide bonds. The van der Waals surface area contributed by atoms with Crippen molar-refractivity contribution in [1.29, 1.82) is 0 Å². The van der Waals surface area contributed by atoms with Crippen LogP contribution in [0.5, 0.6) is 0 Å². The van der Waals surface area contributed by atoms with Crippen molar-refractivity contribution in [2.45, 2.75) is 58.9 Å². The van der Waals surface area contributed by atoms with Crippen LogP contribution in [0.25, 0.3) is 48.8 Å². The van der Waals surface area contributed by atoms with Gasteiger partial charge in [0.15, 0.2) is 0 Å². The first-order valence-corrected chi connectivity index (χ1v) is 20.5. The Bertz CT molecular complexity index is 2900. The average molecular weight is 725 g/mol. The van der Waals surface area contributed by atoms with Gasteiger partial charge in [0.2, 0.25) is 0 Å². The number of anilines is 4. The van der Waals surface area contributed by atoms with Gasteiger partial charge in [-0.1, -0.05) is 161 Å². The highest BCUT2D eigenvalue weighted by Gasteiger charge is 2.28. The van der Waals surface area contributed by atoms with Crippen LogP contribution < -0.4 is 15.0 Å². The minimum Gasteiger partial charge on any atom is -0.337 e. The molecule has 0 heterocycles. The maximum atomic E-state index is 2.70. The molecular formula is C54H48N2. The summed E-state index contributed by atoms with van der Waals surface area (Å²) in [5.74, 6) is 0.986. The Balaban J connectivity index is 1.23. The first kappa shape index (κ1) is 34.4. The number of benzene rings is 8. The molecule has 0 fully saturated rings. The summed E-state index contributed by atoms with van der Waals surface area (Å²) in [5.41, 5.74) is 10.5. The van der Waals surface area contributed by atoms with Crippen LogP contribution in [0.4, 0.5) is 22.7 Å². The maximum Gasteiger partial charge on any atom is 0.0557 e. The Hall–Kier alpha value is -6.12. The summed E-state index contributed by atoms with van der Waals surface area (Å²) < 4.78 is 0. The lowest BCUT2D eigenvalue weighted by Gasteiger charge is -2.38. The highest BCUT2D eigenvalue weighted by atomic mass is 15.2. The van der Waals surface area contributed by atoms with E-state index in [1.165, 1.54) is 93.5 Å². The molecule has 2 aliphatic rings. The van der Waals surface area contributed by atoms with Crippen LogP contribution in [0.15, 0.2) is 169 Å². The summed E-state index contributed by atoms with van der Waals surface area (Å²) >= 11 is 0. The molecule has 10 rings (SSSR count). The largest absolute Gasteiger partial charge is 0.337 e. The standard InChI is InChI=1S/C54H48N2/c1-35(2)37-19-27-43(28-20-37)55(49-17-9-13-39-11-5-7-15-45(39)49)51-33-25-41-24-32-48-52(34-26-42-23-31-47(51)53(41)54(42)48)56(44-29-21-38(22-30-44)36(3)4)50-18-10-14-40-12-6-8-16-46(40)50/h5-25,27-29,31-33,35-36,44H,26,30,34H2,1-4H3. The molecule has 274 valence electrons. The molecule has 0 saturated carbocycles. The number of rotatable bonds is 8. The van der Waals surface area contributed by atoms with Crippen LogP contribution in [0, 0.1) is 5.92 Å². The Morgan fingerprint density at radius 2 is 1.18 bits per heavy atom. The van der Waals surface area contributed by atoms with Gasteiger partial charge in [-0.3, -0.25) is 0 Å². The Kier molecular flexibility index (Phi) is 8.51. The fourth-order valence-corrected chi connectivity index (χ4v) is 9.49. The van der Waals surface area contributed by atoms with Gasteiger partial charge in [0, 0.05) is 38.4 Å². The first-order chi connectivity index (χ1) is 27.4. The van der Waals surface area contributed by atoms with E-state index >= 15 is 0 Å². The minimum absolute atomic E-state index is 0.225. The Labute approximate surface area is 330 Å². The van der Waals surface area contributed by atoms with Crippen LogP contribution in [-0.2, 0) is 6.42 Å². The molecule has 56 heavy (non-hydrogen) atoms. The van der Waals surface area contributed by atoms with Crippen LogP contribution in [-0.4, -0.2) is 6.04 Å². The second-order valence-electron chi connectivity index (χ2n) is 16.4. The van der Waals surface area contributed by atoms with Crippen molar-refractivity contribution in [2.75, 3.05) is 9.80 Å².